The molecule has 1 amide bonds. The highest BCUT2D eigenvalue weighted by Gasteiger charge is 2.25. The maximum atomic E-state index is 12.4. The number of aromatic nitrogens is 1. The number of methoxy groups -OCH3 is 1. The molecule has 0 bridgehead atoms. The number of benzene rings is 1. The highest BCUT2D eigenvalue weighted by Crippen LogP contribution is 2.19. The van der Waals surface area contributed by atoms with E-state index in [1.165, 1.54) is 16.7 Å². The van der Waals surface area contributed by atoms with Gasteiger partial charge in [-0.25, -0.2) is 14.6 Å². The van der Waals surface area contributed by atoms with E-state index in [0.717, 1.165) is 5.56 Å². The van der Waals surface area contributed by atoms with Gasteiger partial charge < -0.3 is 4.74 Å². The van der Waals surface area contributed by atoms with Crippen molar-refractivity contribution in [2.24, 2.45) is 5.10 Å². The number of hydrogen-bond donors (Lipinski definition) is 0. The van der Waals surface area contributed by atoms with E-state index in [0.29, 0.717) is 11.4 Å². The van der Waals surface area contributed by atoms with Crippen molar-refractivity contribution >= 4 is 23.8 Å². The number of carbonyl (C=O) groups is 2. The second kappa shape index (κ2) is 5.92. The maximum Gasteiger partial charge on any atom is 0.348 e. The van der Waals surface area contributed by atoms with Crippen LogP contribution in [-0.4, -0.2) is 41.4 Å². The summed E-state index contributed by atoms with van der Waals surface area (Å²) in [6.45, 7) is 0. The molecule has 1 aliphatic heterocycles. The predicted octanol–water partition coefficient (Wildman–Crippen LogP) is 2.36. The van der Waals surface area contributed by atoms with E-state index < -0.39 is 5.97 Å². The van der Waals surface area contributed by atoms with Crippen molar-refractivity contribution in [1.82, 2.24) is 9.58 Å². The fourth-order valence-electron chi connectivity index (χ4n) is 2.38. The van der Waals surface area contributed by atoms with Gasteiger partial charge in [0.25, 0.3) is 0 Å². The Morgan fingerprint density at radius 1 is 1.13 bits per heavy atom. The topological polar surface area (TPSA) is 63.9 Å². The Kier molecular flexibility index (Phi) is 3.80. The molecule has 3 rings (SSSR count). The van der Waals surface area contributed by atoms with Crippen LogP contribution in [0.3, 0.4) is 0 Å². The second-order valence-corrected chi connectivity index (χ2v) is 4.97. The largest absolute Gasteiger partial charge is 0.465 e. The van der Waals surface area contributed by atoms with Crippen LogP contribution in [0, 0.1) is 0 Å². The van der Waals surface area contributed by atoms with Crippen molar-refractivity contribution in [3.8, 4) is 0 Å². The van der Waals surface area contributed by atoms with Crippen LogP contribution in [-0.2, 0) is 9.53 Å². The lowest BCUT2D eigenvalue weighted by Crippen LogP contribution is -2.31. The lowest BCUT2D eigenvalue weighted by Gasteiger charge is -2.19. The second-order valence-electron chi connectivity index (χ2n) is 4.97. The van der Waals surface area contributed by atoms with Crippen LogP contribution in [0.5, 0.6) is 0 Å². The summed E-state index contributed by atoms with van der Waals surface area (Å²) >= 11 is 0. The van der Waals surface area contributed by atoms with Crippen molar-refractivity contribution in [3.05, 3.63) is 65.5 Å². The molecule has 1 aliphatic rings. The van der Waals surface area contributed by atoms with E-state index in [4.69, 9.17) is 4.74 Å². The average Bonchev–Trinajstić information content (AvgIpc) is 3.04. The van der Waals surface area contributed by atoms with Crippen molar-refractivity contribution in [2.45, 2.75) is 0 Å². The normalized spacial score (nSPS) is 18.9. The van der Waals surface area contributed by atoms with Crippen LogP contribution < -0.4 is 0 Å². The molecule has 2 aromatic rings. The Morgan fingerprint density at radius 2 is 1.87 bits per heavy atom. The number of ether oxygens (including phenoxy) is 1. The summed E-state index contributed by atoms with van der Waals surface area (Å²) in [5, 5.41) is 5.54. The van der Waals surface area contributed by atoms with Gasteiger partial charge in [0.15, 0.2) is 0 Å². The molecule has 0 aliphatic carbocycles. The fourth-order valence-corrected chi connectivity index (χ4v) is 2.38. The first-order valence-corrected chi connectivity index (χ1v) is 7.01. The van der Waals surface area contributed by atoms with Crippen LogP contribution in [0.25, 0.3) is 6.08 Å². The average molecular weight is 309 g/mol. The number of hydrogen-bond acceptors (Lipinski definition) is 4. The van der Waals surface area contributed by atoms with Crippen molar-refractivity contribution in [2.75, 3.05) is 14.2 Å². The number of nitrogens with zero attached hydrogens (tertiary/aromatic N) is 3. The Morgan fingerprint density at radius 3 is 2.57 bits per heavy atom. The molecule has 0 saturated carbocycles. The predicted molar refractivity (Wildman–Crippen MR) is 86.0 cm³/mol. The molecular formula is C17H15N3O3. The molecule has 6 heteroatoms. The van der Waals surface area contributed by atoms with E-state index in [2.05, 4.69) is 5.10 Å². The van der Waals surface area contributed by atoms with Gasteiger partial charge in [-0.1, -0.05) is 30.3 Å². The highest BCUT2D eigenvalue weighted by molar-refractivity contribution is 6.29. The molecule has 6 nitrogen and oxygen atoms in total. The van der Waals surface area contributed by atoms with Gasteiger partial charge in [0.05, 0.1) is 18.4 Å². The summed E-state index contributed by atoms with van der Waals surface area (Å²) in [7, 11) is 2.87. The summed E-state index contributed by atoms with van der Waals surface area (Å²) in [4.78, 5) is 24.7. The van der Waals surface area contributed by atoms with Crippen LogP contribution in [0.2, 0.25) is 0 Å². The summed E-state index contributed by atoms with van der Waals surface area (Å²) in [6.07, 6.45) is 3.24. The Balaban J connectivity index is 2.25. The van der Waals surface area contributed by atoms with Gasteiger partial charge in [0, 0.05) is 18.8 Å². The molecule has 0 radical (unpaired) electrons. The molecule has 0 fully saturated rings. The quantitative estimate of drug-likeness (QED) is 0.800. The number of carbonyl (C=O) groups excluding carboxylic acids is 2. The SMILES string of the molecule is COC(=O)C1=C/c2cccn2C(=O)N(C)/N=C\1c1ccccc1. The number of rotatable bonds is 2. The standard InChI is InChI=1S/C17H15N3O3/c1-19-17(22)20-10-6-9-13(20)11-14(16(21)23-2)15(18-19)12-7-4-3-5-8-12/h3-11H,1-2H3/b14-11+,18-15-. The Hall–Kier alpha value is -3.15. The van der Waals surface area contributed by atoms with Gasteiger partial charge in [-0.15, -0.1) is 0 Å². The Labute approximate surface area is 133 Å². The molecule has 1 aromatic heterocycles. The molecule has 116 valence electrons. The first-order chi connectivity index (χ1) is 11.1. The minimum absolute atomic E-state index is 0.290. The summed E-state index contributed by atoms with van der Waals surface area (Å²) in [5.74, 6) is -0.511. The van der Waals surface area contributed by atoms with Crippen molar-refractivity contribution in [3.63, 3.8) is 0 Å². The zero-order chi connectivity index (χ0) is 16.4. The number of amides is 1. The van der Waals surface area contributed by atoms with Gasteiger partial charge in [0.2, 0.25) is 0 Å². The zero-order valence-corrected chi connectivity index (χ0v) is 12.8. The van der Waals surface area contributed by atoms with E-state index >= 15 is 0 Å². The third-order valence-corrected chi connectivity index (χ3v) is 3.51. The minimum Gasteiger partial charge on any atom is -0.465 e. The summed E-state index contributed by atoms with van der Waals surface area (Å²) < 4.78 is 6.32. The highest BCUT2D eigenvalue weighted by atomic mass is 16.5. The smallest absolute Gasteiger partial charge is 0.348 e. The molecule has 23 heavy (non-hydrogen) atoms. The van der Waals surface area contributed by atoms with Crippen LogP contribution in [0.1, 0.15) is 11.3 Å². The lowest BCUT2D eigenvalue weighted by molar-refractivity contribution is -0.135. The van der Waals surface area contributed by atoms with Gasteiger partial charge in [-0.05, 0) is 18.2 Å². The third-order valence-electron chi connectivity index (χ3n) is 3.51. The molecule has 0 saturated heterocycles. The minimum atomic E-state index is -0.511. The molecular weight excluding hydrogens is 294 g/mol. The van der Waals surface area contributed by atoms with Gasteiger partial charge >= 0.3 is 12.0 Å². The first-order valence-electron chi connectivity index (χ1n) is 7.01. The van der Waals surface area contributed by atoms with Crippen LogP contribution in [0.4, 0.5) is 4.79 Å². The van der Waals surface area contributed by atoms with E-state index in [9.17, 15) is 9.59 Å². The zero-order valence-electron chi connectivity index (χ0n) is 12.8. The Bertz CT molecular complexity index is 819. The van der Waals surface area contributed by atoms with Crippen LogP contribution in [0.15, 0.2) is 59.3 Å². The molecule has 2 heterocycles. The fraction of sp³-hybridized carbons (Fsp3) is 0.118. The monoisotopic (exact) mass is 309 g/mol. The van der Waals surface area contributed by atoms with Crippen molar-refractivity contribution < 1.29 is 14.3 Å². The van der Waals surface area contributed by atoms with Gasteiger partial charge in [0.1, 0.15) is 5.71 Å². The van der Waals surface area contributed by atoms with Crippen LogP contribution >= 0.6 is 0 Å². The molecule has 0 N–H and O–H groups in total. The number of hydrazone groups is 1. The number of esters is 1. The molecule has 0 spiro atoms. The van der Waals surface area contributed by atoms with E-state index in [1.807, 2.05) is 30.3 Å². The summed E-state index contributed by atoms with van der Waals surface area (Å²) in [5.41, 5.74) is 1.99. The van der Waals surface area contributed by atoms with Gasteiger partial charge in [-0.3, -0.25) is 4.57 Å². The van der Waals surface area contributed by atoms with Gasteiger partial charge in [-0.2, -0.15) is 5.10 Å². The lowest BCUT2D eigenvalue weighted by atomic mass is 10.0. The molecule has 0 atom stereocenters. The first kappa shape index (κ1) is 14.8. The van der Waals surface area contributed by atoms with E-state index in [1.54, 1.807) is 31.5 Å². The molecule has 1 aromatic carbocycles. The number of fused-ring (bicyclic) bond motifs is 1. The maximum absolute atomic E-state index is 12.4. The van der Waals surface area contributed by atoms with Crippen molar-refractivity contribution in [1.29, 1.82) is 0 Å². The third kappa shape index (κ3) is 2.66. The van der Waals surface area contributed by atoms with E-state index in [-0.39, 0.29) is 11.6 Å². The summed E-state index contributed by atoms with van der Waals surface area (Å²) in [6, 6.07) is 12.4. The molecule has 0 unspecified atom stereocenters.